The van der Waals surface area contributed by atoms with Crippen LogP contribution in [0.15, 0.2) is 34.6 Å². The van der Waals surface area contributed by atoms with E-state index in [0.717, 1.165) is 49.1 Å². The van der Waals surface area contributed by atoms with Crippen LogP contribution < -0.4 is 10.2 Å². The van der Waals surface area contributed by atoms with Crippen molar-refractivity contribution >= 4 is 52.9 Å². The van der Waals surface area contributed by atoms with Crippen molar-refractivity contribution in [2.24, 2.45) is 4.99 Å². The molecule has 1 atom stereocenters. The highest BCUT2D eigenvalue weighted by atomic mass is 127. The summed E-state index contributed by atoms with van der Waals surface area (Å²) in [4.78, 5) is 25.7. The Balaban J connectivity index is 0.00000289. The van der Waals surface area contributed by atoms with Crippen molar-refractivity contribution in [3.05, 3.63) is 45.9 Å². The average molecular weight is 568 g/mol. The number of carbonyl (C=O) groups is 1. The first-order chi connectivity index (χ1) is 14.9. The highest BCUT2D eigenvalue weighted by Crippen LogP contribution is 2.38. The van der Waals surface area contributed by atoms with Gasteiger partial charge in [-0.05, 0) is 24.5 Å². The molecule has 0 spiro atoms. The quantitative estimate of drug-likeness (QED) is 0.322. The van der Waals surface area contributed by atoms with Gasteiger partial charge in [0.1, 0.15) is 5.01 Å². The molecular formula is C24H34IN5OS. The summed E-state index contributed by atoms with van der Waals surface area (Å²) in [6.45, 7) is 9.86. The molecule has 2 aliphatic heterocycles. The number of nitrogens with zero attached hydrogens (tertiary/aromatic N) is 4. The fourth-order valence-electron chi connectivity index (χ4n) is 4.38. The number of fused-ring (bicyclic) bond motifs is 1. The SMILES string of the molecule is CN=C(NCc1nc(C(C)(C)C)cs1)N1CC(CCN2CCCC2=O)c2ccccc21.I. The summed E-state index contributed by atoms with van der Waals surface area (Å²) in [7, 11) is 1.84. The van der Waals surface area contributed by atoms with E-state index in [0.29, 0.717) is 24.8 Å². The number of thiazole rings is 1. The Morgan fingerprint density at radius 2 is 2.09 bits per heavy atom. The third-order valence-corrected chi connectivity index (χ3v) is 7.02. The van der Waals surface area contributed by atoms with Crippen molar-refractivity contribution in [2.45, 2.75) is 57.9 Å². The zero-order valence-corrected chi connectivity index (χ0v) is 22.6. The molecule has 0 radical (unpaired) electrons. The smallest absolute Gasteiger partial charge is 0.222 e. The number of amides is 1. The third-order valence-electron chi connectivity index (χ3n) is 6.17. The first-order valence-electron chi connectivity index (χ1n) is 11.2. The van der Waals surface area contributed by atoms with Gasteiger partial charge in [-0.15, -0.1) is 35.3 Å². The molecule has 0 saturated carbocycles. The highest BCUT2D eigenvalue weighted by molar-refractivity contribution is 14.0. The number of anilines is 1. The van der Waals surface area contributed by atoms with Gasteiger partial charge < -0.3 is 15.1 Å². The monoisotopic (exact) mass is 567 g/mol. The number of hydrogen-bond acceptors (Lipinski definition) is 4. The maximum absolute atomic E-state index is 12.0. The van der Waals surface area contributed by atoms with Gasteiger partial charge in [0.25, 0.3) is 0 Å². The molecule has 1 aromatic heterocycles. The average Bonchev–Trinajstić information content (AvgIpc) is 3.46. The van der Waals surface area contributed by atoms with Crippen molar-refractivity contribution in [1.82, 2.24) is 15.2 Å². The van der Waals surface area contributed by atoms with Gasteiger partial charge in [0.15, 0.2) is 5.96 Å². The van der Waals surface area contributed by atoms with Crippen molar-refractivity contribution in [3.63, 3.8) is 0 Å². The van der Waals surface area contributed by atoms with Gasteiger partial charge in [0.05, 0.1) is 12.2 Å². The molecule has 32 heavy (non-hydrogen) atoms. The lowest BCUT2D eigenvalue weighted by atomic mass is 9.93. The molecule has 6 nitrogen and oxygen atoms in total. The van der Waals surface area contributed by atoms with Crippen LogP contribution in [0.2, 0.25) is 0 Å². The molecule has 1 fully saturated rings. The van der Waals surface area contributed by atoms with E-state index in [1.165, 1.54) is 11.3 Å². The van der Waals surface area contributed by atoms with Crippen LogP contribution in [-0.4, -0.2) is 48.4 Å². The van der Waals surface area contributed by atoms with E-state index in [4.69, 9.17) is 4.98 Å². The van der Waals surface area contributed by atoms with E-state index in [9.17, 15) is 4.79 Å². The molecule has 8 heteroatoms. The summed E-state index contributed by atoms with van der Waals surface area (Å²) in [6, 6.07) is 8.58. The van der Waals surface area contributed by atoms with Crippen LogP contribution >= 0.6 is 35.3 Å². The van der Waals surface area contributed by atoms with Crippen LogP contribution in [0.25, 0.3) is 0 Å². The number of aromatic nitrogens is 1. The van der Waals surface area contributed by atoms with Crippen LogP contribution in [0.1, 0.15) is 62.2 Å². The number of aliphatic imine (C=N–C) groups is 1. The molecule has 1 N–H and O–H groups in total. The number of halogens is 1. The minimum absolute atomic E-state index is 0. The number of nitrogens with one attached hydrogen (secondary N) is 1. The summed E-state index contributed by atoms with van der Waals surface area (Å²) in [5.74, 6) is 1.58. The number of carbonyl (C=O) groups excluding carboxylic acids is 1. The number of para-hydroxylation sites is 1. The van der Waals surface area contributed by atoms with Gasteiger partial charge in [-0.25, -0.2) is 4.98 Å². The Bertz CT molecular complexity index is 967. The maximum Gasteiger partial charge on any atom is 0.222 e. The minimum Gasteiger partial charge on any atom is -0.349 e. The van der Waals surface area contributed by atoms with Gasteiger partial charge in [0.2, 0.25) is 5.91 Å². The van der Waals surface area contributed by atoms with Gasteiger partial charge >= 0.3 is 0 Å². The van der Waals surface area contributed by atoms with E-state index in [1.54, 1.807) is 11.3 Å². The molecule has 0 bridgehead atoms. The third kappa shape index (κ3) is 5.44. The molecule has 2 aromatic rings. The lowest BCUT2D eigenvalue weighted by Crippen LogP contribution is -2.40. The first kappa shape index (κ1) is 25.0. The summed E-state index contributed by atoms with van der Waals surface area (Å²) >= 11 is 1.70. The van der Waals surface area contributed by atoms with E-state index >= 15 is 0 Å². The Labute approximate surface area is 212 Å². The fourth-order valence-corrected chi connectivity index (χ4v) is 5.34. The number of hydrogen-bond donors (Lipinski definition) is 1. The number of likely N-dealkylation sites (tertiary alicyclic amines) is 1. The van der Waals surface area contributed by atoms with Gasteiger partial charge in [0, 0.05) is 55.5 Å². The van der Waals surface area contributed by atoms with Gasteiger partial charge in [-0.3, -0.25) is 9.79 Å². The van der Waals surface area contributed by atoms with E-state index in [-0.39, 0.29) is 29.4 Å². The molecule has 4 rings (SSSR count). The van der Waals surface area contributed by atoms with E-state index in [1.807, 2.05) is 11.9 Å². The second-order valence-corrected chi connectivity index (χ2v) is 10.4. The predicted molar refractivity (Wildman–Crippen MR) is 143 cm³/mol. The second-order valence-electron chi connectivity index (χ2n) is 9.42. The Morgan fingerprint density at radius 1 is 1.31 bits per heavy atom. The normalized spacial score (nSPS) is 18.7. The zero-order chi connectivity index (χ0) is 22.0. The molecule has 0 aliphatic carbocycles. The van der Waals surface area contributed by atoms with E-state index < -0.39 is 0 Å². The maximum atomic E-state index is 12.0. The Morgan fingerprint density at radius 3 is 2.75 bits per heavy atom. The van der Waals surface area contributed by atoms with Crippen molar-refractivity contribution in [3.8, 4) is 0 Å². The lowest BCUT2D eigenvalue weighted by Gasteiger charge is -2.23. The molecule has 2 aliphatic rings. The molecule has 1 unspecified atom stereocenters. The second kappa shape index (κ2) is 10.5. The topological polar surface area (TPSA) is 60.8 Å². The highest BCUT2D eigenvalue weighted by Gasteiger charge is 2.32. The standard InChI is InChI=1S/C24H33N5OS.HI/c1-24(2,3)20-16-31-21(27-20)14-26-23(25-4)29-15-17(18-8-5-6-9-19(18)29)11-13-28-12-7-10-22(28)30;/h5-6,8-9,16-17H,7,10-15H2,1-4H3,(H,25,26);1H. The minimum atomic E-state index is 0. The number of benzene rings is 1. The van der Waals surface area contributed by atoms with E-state index in [2.05, 4.69) is 65.6 Å². The lowest BCUT2D eigenvalue weighted by molar-refractivity contribution is -0.127. The molecule has 1 amide bonds. The molecule has 3 heterocycles. The van der Waals surface area contributed by atoms with Crippen molar-refractivity contribution in [1.29, 1.82) is 0 Å². The molecular weight excluding hydrogens is 533 g/mol. The summed E-state index contributed by atoms with van der Waals surface area (Å²) in [5.41, 5.74) is 3.76. The van der Waals surface area contributed by atoms with Crippen LogP contribution in [0, 0.1) is 0 Å². The van der Waals surface area contributed by atoms with Gasteiger partial charge in [-0.2, -0.15) is 0 Å². The van der Waals surface area contributed by atoms with Crippen LogP contribution in [0.5, 0.6) is 0 Å². The predicted octanol–water partition coefficient (Wildman–Crippen LogP) is 4.75. The van der Waals surface area contributed by atoms with Crippen LogP contribution in [0.4, 0.5) is 5.69 Å². The van der Waals surface area contributed by atoms with Crippen molar-refractivity contribution in [2.75, 3.05) is 31.6 Å². The Kier molecular flexibility index (Phi) is 8.19. The Hall–Kier alpha value is -1.68. The first-order valence-corrected chi connectivity index (χ1v) is 12.0. The fraction of sp³-hybridized carbons (Fsp3) is 0.542. The summed E-state index contributed by atoms with van der Waals surface area (Å²) in [5, 5.41) is 6.74. The van der Waals surface area contributed by atoms with Gasteiger partial charge in [-0.1, -0.05) is 39.0 Å². The zero-order valence-electron chi connectivity index (χ0n) is 19.4. The number of guanidine groups is 1. The van der Waals surface area contributed by atoms with Crippen LogP contribution in [0.3, 0.4) is 0 Å². The van der Waals surface area contributed by atoms with Crippen LogP contribution in [-0.2, 0) is 16.8 Å². The molecule has 174 valence electrons. The number of rotatable bonds is 5. The van der Waals surface area contributed by atoms with Crippen molar-refractivity contribution < 1.29 is 4.79 Å². The summed E-state index contributed by atoms with van der Waals surface area (Å²) < 4.78 is 0. The largest absolute Gasteiger partial charge is 0.349 e. The summed E-state index contributed by atoms with van der Waals surface area (Å²) in [6.07, 6.45) is 2.69. The molecule has 1 aromatic carbocycles. The molecule has 1 saturated heterocycles.